The monoisotopic (exact) mass is 481 g/mol. The molecule has 174 valence electrons. The van der Waals surface area contributed by atoms with E-state index in [-0.39, 0.29) is 12.6 Å². The molecule has 0 spiro atoms. The number of hydrogen-bond acceptors (Lipinski definition) is 7. The summed E-state index contributed by atoms with van der Waals surface area (Å²) in [4.78, 5) is 22.8. The van der Waals surface area contributed by atoms with E-state index in [9.17, 15) is 4.79 Å². The van der Waals surface area contributed by atoms with Crippen LogP contribution in [0.5, 0.6) is 5.75 Å². The van der Waals surface area contributed by atoms with Gasteiger partial charge in [0, 0.05) is 5.69 Å². The number of aryl methyl sites for hydroxylation is 1. The van der Waals surface area contributed by atoms with Crippen molar-refractivity contribution in [2.75, 3.05) is 5.32 Å². The molecule has 1 N–H and O–H groups in total. The van der Waals surface area contributed by atoms with Gasteiger partial charge in [-0.05, 0) is 47.9 Å². The van der Waals surface area contributed by atoms with Crippen molar-refractivity contribution in [2.24, 2.45) is 0 Å². The molecule has 2 heterocycles. The molecular weight excluding hydrogens is 458 g/mol. The molecule has 0 aliphatic carbocycles. The normalized spacial score (nSPS) is 10.8. The summed E-state index contributed by atoms with van der Waals surface area (Å²) in [7, 11) is 0. The van der Waals surface area contributed by atoms with Gasteiger partial charge in [0.15, 0.2) is 0 Å². The quantitative estimate of drug-likeness (QED) is 0.249. The number of carbonyl (C=O) groups is 1. The number of nitrogens with one attached hydrogen (secondary N) is 1. The van der Waals surface area contributed by atoms with Crippen molar-refractivity contribution >= 4 is 39.0 Å². The standard InChI is InChI=1S/C28H23N3O3S/c1-19-24-26(31-22-12-14-23(15-13-22)33-16-20-8-4-2-5-9-20)29-18-30-27(24)35-25(19)28(32)34-17-21-10-6-3-7-11-21/h2-15,18H,16-17H2,1H3,(H,29,30,31). The predicted octanol–water partition coefficient (Wildman–Crippen LogP) is 6.68. The van der Waals surface area contributed by atoms with Gasteiger partial charge in [-0.3, -0.25) is 0 Å². The van der Waals surface area contributed by atoms with Crippen LogP contribution in [0.4, 0.5) is 11.5 Å². The first kappa shape index (κ1) is 22.6. The number of fused-ring (bicyclic) bond motifs is 1. The van der Waals surface area contributed by atoms with Gasteiger partial charge in [-0.1, -0.05) is 60.7 Å². The largest absolute Gasteiger partial charge is 0.489 e. The Hall–Kier alpha value is -4.23. The van der Waals surface area contributed by atoms with Gasteiger partial charge in [0.05, 0.1) is 5.39 Å². The smallest absolute Gasteiger partial charge is 0.349 e. The molecule has 0 amide bonds. The first-order valence-corrected chi connectivity index (χ1v) is 12.0. The second-order valence-electron chi connectivity index (χ2n) is 7.94. The Bertz CT molecular complexity index is 1440. The minimum Gasteiger partial charge on any atom is -0.489 e. The van der Waals surface area contributed by atoms with Crippen molar-refractivity contribution in [1.82, 2.24) is 9.97 Å². The minimum absolute atomic E-state index is 0.225. The number of nitrogens with zero attached hydrogens (tertiary/aromatic N) is 2. The van der Waals surface area contributed by atoms with E-state index < -0.39 is 0 Å². The van der Waals surface area contributed by atoms with Gasteiger partial charge >= 0.3 is 5.97 Å². The van der Waals surface area contributed by atoms with Crippen LogP contribution in [0.2, 0.25) is 0 Å². The number of esters is 1. The number of hydrogen-bond donors (Lipinski definition) is 1. The summed E-state index contributed by atoms with van der Waals surface area (Å²) in [5, 5.41) is 4.16. The summed E-state index contributed by atoms with van der Waals surface area (Å²) in [6.45, 7) is 2.63. The van der Waals surface area contributed by atoms with E-state index in [1.54, 1.807) is 0 Å². The number of aromatic nitrogens is 2. The lowest BCUT2D eigenvalue weighted by molar-refractivity contribution is 0.0478. The van der Waals surface area contributed by atoms with Crippen LogP contribution in [-0.2, 0) is 18.0 Å². The first-order valence-electron chi connectivity index (χ1n) is 11.2. The van der Waals surface area contributed by atoms with Gasteiger partial charge in [-0.2, -0.15) is 0 Å². The van der Waals surface area contributed by atoms with Gasteiger partial charge in [0.25, 0.3) is 0 Å². The number of thiophene rings is 1. The molecule has 35 heavy (non-hydrogen) atoms. The zero-order valence-corrected chi connectivity index (χ0v) is 19.9. The Morgan fingerprint density at radius 1 is 0.857 bits per heavy atom. The fraction of sp³-hybridized carbons (Fsp3) is 0.107. The SMILES string of the molecule is Cc1c(C(=O)OCc2ccccc2)sc2ncnc(Nc3ccc(OCc4ccccc4)cc3)c12. The van der Waals surface area contributed by atoms with Gasteiger partial charge in [0.1, 0.15) is 40.8 Å². The van der Waals surface area contributed by atoms with E-state index in [2.05, 4.69) is 15.3 Å². The lowest BCUT2D eigenvalue weighted by Crippen LogP contribution is -2.04. The summed E-state index contributed by atoms with van der Waals surface area (Å²) in [5.74, 6) is 1.06. The zero-order valence-electron chi connectivity index (χ0n) is 19.1. The van der Waals surface area contributed by atoms with Crippen LogP contribution in [0.15, 0.2) is 91.3 Å². The topological polar surface area (TPSA) is 73.3 Å². The highest BCUT2D eigenvalue weighted by atomic mass is 32.1. The number of anilines is 2. The lowest BCUT2D eigenvalue weighted by atomic mass is 10.2. The molecule has 2 aromatic heterocycles. The van der Waals surface area contributed by atoms with Crippen LogP contribution in [-0.4, -0.2) is 15.9 Å². The van der Waals surface area contributed by atoms with Gasteiger partial charge in [0.2, 0.25) is 0 Å². The molecule has 5 aromatic rings. The van der Waals surface area contributed by atoms with E-state index in [1.165, 1.54) is 17.7 Å². The van der Waals surface area contributed by atoms with E-state index >= 15 is 0 Å². The third-order valence-electron chi connectivity index (χ3n) is 5.49. The summed E-state index contributed by atoms with van der Waals surface area (Å²) in [6.07, 6.45) is 1.50. The second-order valence-corrected chi connectivity index (χ2v) is 8.94. The average molecular weight is 482 g/mol. The van der Waals surface area contributed by atoms with Crippen LogP contribution in [0, 0.1) is 6.92 Å². The molecule has 0 bridgehead atoms. The Kier molecular flexibility index (Phi) is 6.68. The molecule has 0 aliphatic heterocycles. The molecule has 0 aliphatic rings. The van der Waals surface area contributed by atoms with Crippen LogP contribution in [0.3, 0.4) is 0 Å². The lowest BCUT2D eigenvalue weighted by Gasteiger charge is -2.10. The fourth-order valence-corrected chi connectivity index (χ4v) is 4.70. The van der Waals surface area contributed by atoms with Crippen LogP contribution >= 0.6 is 11.3 Å². The minimum atomic E-state index is -0.361. The highest BCUT2D eigenvalue weighted by molar-refractivity contribution is 7.20. The molecule has 0 radical (unpaired) electrons. The molecule has 3 aromatic carbocycles. The number of benzene rings is 3. The van der Waals surface area contributed by atoms with Crippen molar-refractivity contribution in [3.63, 3.8) is 0 Å². The molecule has 0 saturated heterocycles. The van der Waals surface area contributed by atoms with Crippen LogP contribution in [0.1, 0.15) is 26.4 Å². The third kappa shape index (κ3) is 5.31. The average Bonchev–Trinajstić information content (AvgIpc) is 3.25. The summed E-state index contributed by atoms with van der Waals surface area (Å²) < 4.78 is 11.4. The molecule has 0 unspecified atom stereocenters. The van der Waals surface area contributed by atoms with E-state index in [0.717, 1.165) is 38.3 Å². The maximum Gasteiger partial charge on any atom is 0.349 e. The van der Waals surface area contributed by atoms with Crippen LogP contribution < -0.4 is 10.1 Å². The van der Waals surface area contributed by atoms with Gasteiger partial charge in [-0.15, -0.1) is 11.3 Å². The van der Waals surface area contributed by atoms with Gasteiger partial charge < -0.3 is 14.8 Å². The summed E-state index contributed by atoms with van der Waals surface area (Å²) in [5.41, 5.74) is 3.71. The van der Waals surface area contributed by atoms with Crippen molar-refractivity contribution < 1.29 is 14.3 Å². The number of rotatable bonds is 8. The van der Waals surface area contributed by atoms with Crippen LogP contribution in [0.25, 0.3) is 10.2 Å². The third-order valence-corrected chi connectivity index (χ3v) is 6.67. The highest BCUT2D eigenvalue weighted by Crippen LogP contribution is 2.35. The molecule has 7 heteroatoms. The molecule has 6 nitrogen and oxygen atoms in total. The van der Waals surface area contributed by atoms with Crippen molar-refractivity contribution in [3.05, 3.63) is 113 Å². The molecular formula is C28H23N3O3S. The van der Waals surface area contributed by atoms with E-state index in [0.29, 0.717) is 17.3 Å². The Morgan fingerprint density at radius 3 is 2.20 bits per heavy atom. The molecule has 5 rings (SSSR count). The van der Waals surface area contributed by atoms with Crippen molar-refractivity contribution in [1.29, 1.82) is 0 Å². The van der Waals surface area contributed by atoms with E-state index in [4.69, 9.17) is 9.47 Å². The van der Waals surface area contributed by atoms with Gasteiger partial charge in [-0.25, -0.2) is 14.8 Å². The maximum atomic E-state index is 12.8. The molecule has 0 saturated carbocycles. The Balaban J connectivity index is 1.29. The Morgan fingerprint density at radius 2 is 1.51 bits per heavy atom. The van der Waals surface area contributed by atoms with Crippen molar-refractivity contribution in [2.45, 2.75) is 20.1 Å². The summed E-state index contributed by atoms with van der Waals surface area (Å²) in [6, 6.07) is 27.4. The predicted molar refractivity (Wildman–Crippen MR) is 138 cm³/mol. The number of carbonyl (C=O) groups excluding carboxylic acids is 1. The fourth-order valence-electron chi connectivity index (χ4n) is 3.66. The van der Waals surface area contributed by atoms with E-state index in [1.807, 2.05) is 91.9 Å². The Labute approximate surface area is 207 Å². The molecule has 0 fully saturated rings. The highest BCUT2D eigenvalue weighted by Gasteiger charge is 2.20. The molecule has 0 atom stereocenters. The second kappa shape index (κ2) is 10.4. The number of ether oxygens (including phenoxy) is 2. The maximum absolute atomic E-state index is 12.8. The van der Waals surface area contributed by atoms with Crippen molar-refractivity contribution in [3.8, 4) is 5.75 Å². The zero-order chi connectivity index (χ0) is 24.0. The first-order chi connectivity index (χ1) is 17.2. The summed E-state index contributed by atoms with van der Waals surface area (Å²) >= 11 is 1.31.